The van der Waals surface area contributed by atoms with Crippen molar-refractivity contribution in [2.45, 2.75) is 31.6 Å². The van der Waals surface area contributed by atoms with E-state index >= 15 is 0 Å². The van der Waals surface area contributed by atoms with Gasteiger partial charge in [0.1, 0.15) is 11.5 Å². The molecule has 2 nitrogen and oxygen atoms in total. The van der Waals surface area contributed by atoms with E-state index < -0.39 is 40.4 Å². The zero-order valence-electron chi connectivity index (χ0n) is 15.4. The normalized spacial score (nSPS) is 13.5. The summed E-state index contributed by atoms with van der Waals surface area (Å²) in [5, 5.41) is 19.6. The molecule has 2 N–H and O–H groups in total. The van der Waals surface area contributed by atoms with E-state index in [4.69, 9.17) is 0 Å². The third-order valence-electron chi connectivity index (χ3n) is 4.46. The van der Waals surface area contributed by atoms with Crippen LogP contribution in [0.1, 0.15) is 36.1 Å². The first-order valence-electron chi connectivity index (χ1n) is 8.46. The van der Waals surface area contributed by atoms with Gasteiger partial charge in [-0.2, -0.15) is 26.3 Å². The second-order valence-corrected chi connectivity index (χ2v) is 6.29. The first kappa shape index (κ1) is 22.4. The molecule has 0 bridgehead atoms. The van der Waals surface area contributed by atoms with Crippen LogP contribution in [0.4, 0.5) is 26.3 Å². The van der Waals surface area contributed by atoms with Crippen LogP contribution in [0.25, 0.3) is 12.2 Å². The van der Waals surface area contributed by atoms with Crippen LogP contribution in [-0.2, 0) is 5.41 Å². The Morgan fingerprint density at radius 3 is 1.28 bits per heavy atom. The predicted molar refractivity (Wildman–Crippen MR) is 98.5 cm³/mol. The quantitative estimate of drug-likeness (QED) is 0.553. The van der Waals surface area contributed by atoms with Crippen molar-refractivity contribution in [3.63, 3.8) is 0 Å². The number of alkyl halides is 6. The summed E-state index contributed by atoms with van der Waals surface area (Å²) in [7, 11) is 0. The van der Waals surface area contributed by atoms with Gasteiger partial charge in [-0.1, -0.05) is 36.4 Å². The SMILES string of the molecule is CC=Cc1cc(C(c2ccc(O)c(C=CC)c2)(C(F)(F)F)C(F)(F)F)ccc1O. The molecule has 2 rings (SSSR count). The van der Waals surface area contributed by atoms with Gasteiger partial charge >= 0.3 is 12.4 Å². The summed E-state index contributed by atoms with van der Waals surface area (Å²) < 4.78 is 85.2. The zero-order valence-corrected chi connectivity index (χ0v) is 15.4. The second-order valence-electron chi connectivity index (χ2n) is 6.29. The molecule has 0 saturated heterocycles. The molecule has 2 aromatic carbocycles. The van der Waals surface area contributed by atoms with Crippen LogP contribution < -0.4 is 0 Å². The van der Waals surface area contributed by atoms with Crippen molar-refractivity contribution < 1.29 is 36.6 Å². The van der Waals surface area contributed by atoms with Gasteiger partial charge in [0.15, 0.2) is 0 Å². The average molecular weight is 416 g/mol. The largest absolute Gasteiger partial charge is 0.507 e. The third kappa shape index (κ3) is 3.83. The van der Waals surface area contributed by atoms with Crippen LogP contribution in [-0.4, -0.2) is 22.6 Å². The molecule has 0 unspecified atom stereocenters. The van der Waals surface area contributed by atoms with Crippen molar-refractivity contribution in [3.8, 4) is 11.5 Å². The highest BCUT2D eigenvalue weighted by molar-refractivity contribution is 5.63. The number of phenols is 2. The van der Waals surface area contributed by atoms with Crippen molar-refractivity contribution in [1.82, 2.24) is 0 Å². The van der Waals surface area contributed by atoms with Crippen molar-refractivity contribution in [2.75, 3.05) is 0 Å². The minimum atomic E-state index is -5.76. The standard InChI is InChI=1S/C21H18F6O2/c1-3-5-13-11-15(7-9-17(13)28)19(20(22,23)24,21(25,26)27)16-8-10-18(29)14(12-16)6-4-2/h3-12,28-29H,1-2H3. The molecular formula is C21H18F6O2. The van der Waals surface area contributed by atoms with Gasteiger partial charge in [-0.15, -0.1) is 0 Å². The van der Waals surface area contributed by atoms with Crippen LogP contribution in [0.15, 0.2) is 48.6 Å². The summed E-state index contributed by atoms with van der Waals surface area (Å²) in [6.45, 7) is 3.02. The number of aromatic hydroxyl groups is 2. The predicted octanol–water partition coefficient (Wildman–Crippen LogP) is 6.57. The minimum Gasteiger partial charge on any atom is -0.507 e. The Bertz CT molecular complexity index is 862. The van der Waals surface area contributed by atoms with Gasteiger partial charge < -0.3 is 10.2 Å². The van der Waals surface area contributed by atoms with Gasteiger partial charge in [0.05, 0.1) is 0 Å². The number of hydrogen-bond donors (Lipinski definition) is 2. The van der Waals surface area contributed by atoms with E-state index in [1.54, 1.807) is 0 Å². The molecule has 0 spiro atoms. The summed E-state index contributed by atoms with van der Waals surface area (Å²) >= 11 is 0. The lowest BCUT2D eigenvalue weighted by Gasteiger charge is -2.38. The smallest absolute Gasteiger partial charge is 0.411 e. The molecule has 0 saturated carbocycles. The van der Waals surface area contributed by atoms with Crippen LogP contribution >= 0.6 is 0 Å². The summed E-state index contributed by atoms with van der Waals surface area (Å²) in [6.07, 6.45) is -6.35. The van der Waals surface area contributed by atoms with E-state index in [-0.39, 0.29) is 11.1 Å². The fourth-order valence-electron chi connectivity index (χ4n) is 3.18. The summed E-state index contributed by atoms with van der Waals surface area (Å²) in [5.41, 5.74) is -6.93. The van der Waals surface area contributed by atoms with Gasteiger partial charge in [-0.25, -0.2) is 0 Å². The summed E-state index contributed by atoms with van der Waals surface area (Å²) in [5.74, 6) is -0.907. The maximum Gasteiger partial charge on any atom is 0.411 e. The fourth-order valence-corrected chi connectivity index (χ4v) is 3.18. The zero-order chi connectivity index (χ0) is 22.0. The molecule has 0 atom stereocenters. The molecule has 0 aliphatic heterocycles. The minimum absolute atomic E-state index is 0.185. The van der Waals surface area contributed by atoms with Crippen LogP contribution in [0.3, 0.4) is 0 Å². The van der Waals surface area contributed by atoms with Crippen molar-refractivity contribution in [1.29, 1.82) is 0 Å². The van der Waals surface area contributed by atoms with Crippen molar-refractivity contribution in [2.24, 2.45) is 0 Å². The van der Waals surface area contributed by atoms with Crippen molar-refractivity contribution in [3.05, 3.63) is 70.8 Å². The number of hydrogen-bond acceptors (Lipinski definition) is 2. The van der Waals surface area contributed by atoms with E-state index in [0.29, 0.717) is 24.3 Å². The van der Waals surface area contributed by atoms with E-state index in [0.717, 1.165) is 12.1 Å². The molecule has 0 aliphatic rings. The van der Waals surface area contributed by atoms with Crippen LogP contribution in [0, 0.1) is 0 Å². The Hall–Kier alpha value is -2.90. The van der Waals surface area contributed by atoms with Gasteiger partial charge in [-0.3, -0.25) is 0 Å². The number of phenolic OH excluding ortho intramolecular Hbond substituents is 2. The molecular weight excluding hydrogens is 398 g/mol. The van der Waals surface area contributed by atoms with E-state index in [2.05, 4.69) is 0 Å². The Morgan fingerprint density at radius 1 is 0.655 bits per heavy atom. The second kappa shape index (κ2) is 7.85. The Balaban J connectivity index is 3.00. The maximum atomic E-state index is 14.2. The molecule has 29 heavy (non-hydrogen) atoms. The Labute approximate surface area is 163 Å². The first-order valence-corrected chi connectivity index (χ1v) is 8.46. The molecule has 0 aliphatic carbocycles. The molecule has 0 radical (unpaired) electrons. The molecule has 0 heterocycles. The first-order chi connectivity index (χ1) is 13.4. The molecule has 0 amide bonds. The number of allylic oxidation sites excluding steroid dienone is 2. The monoisotopic (exact) mass is 416 g/mol. The summed E-state index contributed by atoms with van der Waals surface area (Å²) in [4.78, 5) is 0. The molecule has 156 valence electrons. The van der Waals surface area contributed by atoms with Gasteiger partial charge in [0.25, 0.3) is 0 Å². The number of halogens is 6. The summed E-state index contributed by atoms with van der Waals surface area (Å²) in [6, 6.07) is 4.13. The average Bonchev–Trinajstić information content (AvgIpc) is 2.59. The number of rotatable bonds is 4. The lowest BCUT2D eigenvalue weighted by molar-refractivity contribution is -0.288. The molecule has 8 heteroatoms. The lowest BCUT2D eigenvalue weighted by Crippen LogP contribution is -2.54. The lowest BCUT2D eigenvalue weighted by atomic mass is 9.72. The molecule has 2 aromatic rings. The van der Waals surface area contributed by atoms with Crippen LogP contribution in [0.2, 0.25) is 0 Å². The van der Waals surface area contributed by atoms with Gasteiger partial charge in [0, 0.05) is 11.1 Å². The Morgan fingerprint density at radius 2 is 1.00 bits per heavy atom. The van der Waals surface area contributed by atoms with E-state index in [1.807, 2.05) is 0 Å². The maximum absolute atomic E-state index is 14.2. The van der Waals surface area contributed by atoms with Gasteiger partial charge in [-0.05, 0) is 49.2 Å². The third-order valence-corrected chi connectivity index (χ3v) is 4.46. The fraction of sp³-hybridized carbons (Fsp3) is 0.238. The van der Waals surface area contributed by atoms with E-state index in [1.165, 1.54) is 38.2 Å². The topological polar surface area (TPSA) is 40.5 Å². The highest BCUT2D eigenvalue weighted by atomic mass is 19.4. The van der Waals surface area contributed by atoms with Crippen molar-refractivity contribution >= 4 is 12.2 Å². The van der Waals surface area contributed by atoms with E-state index in [9.17, 15) is 36.6 Å². The van der Waals surface area contributed by atoms with Crippen LogP contribution in [0.5, 0.6) is 11.5 Å². The highest BCUT2D eigenvalue weighted by Crippen LogP contribution is 2.57. The Kier molecular flexibility index (Phi) is 6.06. The molecule has 0 aromatic heterocycles. The van der Waals surface area contributed by atoms with Gasteiger partial charge in [0.2, 0.25) is 5.41 Å². The highest BCUT2D eigenvalue weighted by Gasteiger charge is 2.72. The molecule has 0 fully saturated rings. The number of benzene rings is 2.